The maximum Gasteiger partial charge on any atom is 0.291 e. The van der Waals surface area contributed by atoms with Gasteiger partial charge in [0.05, 0.1) is 27.5 Å². The summed E-state index contributed by atoms with van der Waals surface area (Å²) in [6.45, 7) is 0. The molecule has 9 heteroatoms. The van der Waals surface area contributed by atoms with Gasteiger partial charge in [-0.2, -0.15) is 5.10 Å². The van der Waals surface area contributed by atoms with Crippen LogP contribution in [0.3, 0.4) is 0 Å². The van der Waals surface area contributed by atoms with Crippen molar-refractivity contribution in [3.63, 3.8) is 0 Å². The second-order valence-corrected chi connectivity index (χ2v) is 6.04. The number of hydrogen-bond acceptors (Lipinski definition) is 7. The molecule has 0 saturated carbocycles. The minimum absolute atomic E-state index is 0.0146. The lowest BCUT2D eigenvalue weighted by atomic mass is 10.1. The van der Waals surface area contributed by atoms with Crippen LogP contribution in [0.2, 0.25) is 0 Å². The molecule has 0 fully saturated rings. The Morgan fingerprint density at radius 1 is 1.00 bits per heavy atom. The van der Waals surface area contributed by atoms with E-state index in [-0.39, 0.29) is 11.4 Å². The van der Waals surface area contributed by atoms with Gasteiger partial charge in [0, 0.05) is 23.4 Å². The van der Waals surface area contributed by atoms with Crippen LogP contribution in [0.1, 0.15) is 16.1 Å². The third-order valence-electron chi connectivity index (χ3n) is 4.14. The predicted octanol–water partition coefficient (Wildman–Crippen LogP) is 2.23. The van der Waals surface area contributed by atoms with Gasteiger partial charge in [0.2, 0.25) is 0 Å². The molecule has 0 atom stereocenters. The quantitative estimate of drug-likeness (QED) is 0.458. The molecule has 0 saturated heterocycles. The number of ether oxygens (including phenoxy) is 3. The lowest BCUT2D eigenvalue weighted by molar-refractivity contribution is 0.0950. The van der Waals surface area contributed by atoms with Gasteiger partial charge in [-0.1, -0.05) is 0 Å². The third-order valence-corrected chi connectivity index (χ3v) is 4.14. The van der Waals surface area contributed by atoms with Crippen LogP contribution in [0.25, 0.3) is 11.3 Å². The molecule has 9 nitrogen and oxygen atoms in total. The molecule has 0 aliphatic carbocycles. The number of aromatic amines is 1. The van der Waals surface area contributed by atoms with Crippen molar-refractivity contribution < 1.29 is 19.0 Å². The summed E-state index contributed by atoms with van der Waals surface area (Å²) in [7, 11) is 4.63. The highest BCUT2D eigenvalue weighted by Gasteiger charge is 2.12. The van der Waals surface area contributed by atoms with Gasteiger partial charge in [0.25, 0.3) is 11.5 Å². The Labute approximate surface area is 172 Å². The van der Waals surface area contributed by atoms with Gasteiger partial charge in [-0.05, 0) is 36.4 Å². The first-order chi connectivity index (χ1) is 14.5. The Morgan fingerprint density at radius 3 is 2.23 bits per heavy atom. The molecule has 0 unspecified atom stereocenters. The number of H-pyrrole nitrogens is 1. The van der Waals surface area contributed by atoms with Gasteiger partial charge < -0.3 is 19.2 Å². The number of hydrazone groups is 1. The summed E-state index contributed by atoms with van der Waals surface area (Å²) in [6.07, 6.45) is 2.67. The average molecular weight is 408 g/mol. The molecule has 1 amide bonds. The molecular formula is C21H20N4O5. The molecule has 0 bridgehead atoms. The van der Waals surface area contributed by atoms with E-state index >= 15 is 0 Å². The van der Waals surface area contributed by atoms with Gasteiger partial charge in [-0.25, -0.2) is 10.4 Å². The van der Waals surface area contributed by atoms with Gasteiger partial charge in [-0.3, -0.25) is 9.59 Å². The minimum Gasteiger partial charge on any atom is -0.497 e. The second-order valence-electron chi connectivity index (χ2n) is 6.04. The Kier molecular flexibility index (Phi) is 6.43. The van der Waals surface area contributed by atoms with Crippen molar-refractivity contribution in [3.8, 4) is 28.5 Å². The Balaban J connectivity index is 1.77. The van der Waals surface area contributed by atoms with Crippen molar-refractivity contribution in [2.75, 3.05) is 21.3 Å². The lowest BCUT2D eigenvalue weighted by Crippen LogP contribution is -2.22. The molecule has 0 spiro atoms. The predicted molar refractivity (Wildman–Crippen MR) is 111 cm³/mol. The maximum absolute atomic E-state index is 12.4. The van der Waals surface area contributed by atoms with E-state index in [4.69, 9.17) is 14.2 Å². The van der Waals surface area contributed by atoms with E-state index < -0.39 is 11.5 Å². The van der Waals surface area contributed by atoms with Crippen LogP contribution in [0, 0.1) is 0 Å². The highest BCUT2D eigenvalue weighted by Crippen LogP contribution is 2.21. The minimum atomic E-state index is -0.577. The van der Waals surface area contributed by atoms with Crippen molar-refractivity contribution in [3.05, 3.63) is 70.3 Å². The SMILES string of the molecule is COc1ccc(-c2nc(C(=O)N/N=C/c3cc(OC)cc(OC)c3)c[nH]c2=O)cc1. The zero-order valence-electron chi connectivity index (χ0n) is 16.6. The highest BCUT2D eigenvalue weighted by atomic mass is 16.5. The molecule has 30 heavy (non-hydrogen) atoms. The number of amides is 1. The van der Waals surface area contributed by atoms with Crippen LogP contribution in [-0.4, -0.2) is 43.4 Å². The monoisotopic (exact) mass is 408 g/mol. The third kappa shape index (κ3) is 4.82. The molecule has 2 N–H and O–H groups in total. The fourth-order valence-electron chi connectivity index (χ4n) is 2.59. The average Bonchev–Trinajstić information content (AvgIpc) is 2.79. The van der Waals surface area contributed by atoms with Crippen molar-refractivity contribution >= 4 is 12.1 Å². The van der Waals surface area contributed by atoms with E-state index in [0.717, 1.165) is 0 Å². The van der Waals surface area contributed by atoms with Crippen molar-refractivity contribution in [2.24, 2.45) is 5.10 Å². The number of carbonyl (C=O) groups excluding carboxylic acids is 1. The first-order valence-electron chi connectivity index (χ1n) is 8.84. The van der Waals surface area contributed by atoms with Crippen LogP contribution in [-0.2, 0) is 0 Å². The number of nitrogens with zero attached hydrogens (tertiary/aromatic N) is 2. The largest absolute Gasteiger partial charge is 0.497 e. The maximum atomic E-state index is 12.4. The summed E-state index contributed by atoms with van der Waals surface area (Å²) < 4.78 is 15.5. The summed E-state index contributed by atoms with van der Waals surface area (Å²) in [5.41, 5.74) is 3.32. The number of rotatable bonds is 7. The molecule has 3 rings (SSSR count). The smallest absolute Gasteiger partial charge is 0.291 e. The van der Waals surface area contributed by atoms with E-state index in [2.05, 4.69) is 20.5 Å². The zero-order valence-corrected chi connectivity index (χ0v) is 16.6. The molecule has 2 aromatic carbocycles. The van der Waals surface area contributed by atoms with Crippen LogP contribution >= 0.6 is 0 Å². The van der Waals surface area contributed by atoms with Gasteiger partial charge >= 0.3 is 0 Å². The number of methoxy groups -OCH3 is 3. The van der Waals surface area contributed by atoms with Crippen molar-refractivity contribution in [1.29, 1.82) is 0 Å². The topological polar surface area (TPSA) is 115 Å². The first kappa shape index (κ1) is 20.6. The lowest BCUT2D eigenvalue weighted by Gasteiger charge is -2.06. The number of nitrogens with one attached hydrogen (secondary N) is 2. The van der Waals surface area contributed by atoms with E-state index in [9.17, 15) is 9.59 Å². The summed E-state index contributed by atoms with van der Waals surface area (Å²) >= 11 is 0. The van der Waals surface area contributed by atoms with Crippen molar-refractivity contribution in [2.45, 2.75) is 0 Å². The number of carbonyl (C=O) groups is 1. The van der Waals surface area contributed by atoms with Gasteiger partial charge in [0.1, 0.15) is 28.6 Å². The van der Waals surface area contributed by atoms with E-state index in [1.165, 1.54) is 12.4 Å². The zero-order chi connectivity index (χ0) is 21.5. The Morgan fingerprint density at radius 2 is 1.63 bits per heavy atom. The van der Waals surface area contributed by atoms with Gasteiger partial charge in [0.15, 0.2) is 0 Å². The van der Waals surface area contributed by atoms with Gasteiger partial charge in [-0.15, -0.1) is 0 Å². The molecular weight excluding hydrogens is 388 g/mol. The fourth-order valence-corrected chi connectivity index (χ4v) is 2.59. The second kappa shape index (κ2) is 9.37. The normalized spacial score (nSPS) is 10.6. The fraction of sp³-hybridized carbons (Fsp3) is 0.143. The highest BCUT2D eigenvalue weighted by molar-refractivity contribution is 5.93. The van der Waals surface area contributed by atoms with E-state index in [0.29, 0.717) is 28.4 Å². The van der Waals surface area contributed by atoms with E-state index in [1.54, 1.807) is 63.8 Å². The van der Waals surface area contributed by atoms with Crippen LogP contribution in [0.15, 0.2) is 58.6 Å². The van der Waals surface area contributed by atoms with E-state index in [1.807, 2.05) is 0 Å². The van der Waals surface area contributed by atoms with Crippen LogP contribution in [0.5, 0.6) is 17.2 Å². The number of hydrogen-bond donors (Lipinski definition) is 2. The summed E-state index contributed by atoms with van der Waals surface area (Å²) in [4.78, 5) is 31.2. The molecule has 1 heterocycles. The molecule has 0 radical (unpaired) electrons. The summed E-state index contributed by atoms with van der Waals surface area (Å²) in [5, 5.41) is 3.93. The molecule has 0 aliphatic heterocycles. The number of aromatic nitrogens is 2. The Hall–Kier alpha value is -4.14. The Bertz CT molecular complexity index is 1100. The standard InChI is InChI=1S/C21H20N4O5/c1-28-15-6-4-14(5-7-15)19-21(27)22-12-18(24-19)20(26)25-23-11-13-8-16(29-2)10-17(9-13)30-3/h4-12H,1-3H3,(H,22,27)(H,25,26)/b23-11+. The molecule has 154 valence electrons. The first-order valence-corrected chi connectivity index (χ1v) is 8.84. The van der Waals surface area contributed by atoms with Crippen LogP contribution < -0.4 is 25.2 Å². The summed E-state index contributed by atoms with van der Waals surface area (Å²) in [6, 6.07) is 12.0. The molecule has 0 aliphatic rings. The molecule has 3 aromatic rings. The number of benzene rings is 2. The van der Waals surface area contributed by atoms with Crippen molar-refractivity contribution in [1.82, 2.24) is 15.4 Å². The summed E-state index contributed by atoms with van der Waals surface area (Å²) in [5.74, 6) is 1.25. The van der Waals surface area contributed by atoms with Crippen LogP contribution in [0.4, 0.5) is 0 Å². The molecule has 1 aromatic heterocycles.